The van der Waals surface area contributed by atoms with Crippen molar-refractivity contribution in [2.75, 3.05) is 26.2 Å². The molecule has 0 unspecified atom stereocenters. The molecule has 1 aliphatic heterocycles. The van der Waals surface area contributed by atoms with Crippen molar-refractivity contribution in [3.05, 3.63) is 30.0 Å². The van der Waals surface area contributed by atoms with Gasteiger partial charge in [0, 0.05) is 38.0 Å². The van der Waals surface area contributed by atoms with Crippen LogP contribution in [0.3, 0.4) is 0 Å². The highest BCUT2D eigenvalue weighted by atomic mass is 16.2. The Hall–Kier alpha value is -2.37. The lowest BCUT2D eigenvalue weighted by molar-refractivity contribution is -0.133. The first kappa shape index (κ1) is 17.1. The molecular weight excluding hydrogens is 328 g/mol. The largest absolute Gasteiger partial charge is 0.339 e. The molecule has 4 rings (SSSR count). The minimum atomic E-state index is -0.0551. The van der Waals surface area contributed by atoms with Crippen molar-refractivity contribution in [2.45, 2.75) is 38.5 Å². The van der Waals surface area contributed by atoms with E-state index in [1.54, 1.807) is 0 Å². The number of carbonyl (C=O) groups excluding carboxylic acids is 2. The molecular formula is C20H26N4O2. The number of aromatic amines is 1. The topological polar surface area (TPSA) is 69.3 Å². The van der Waals surface area contributed by atoms with Crippen LogP contribution in [0, 0.1) is 5.92 Å². The van der Waals surface area contributed by atoms with Gasteiger partial charge in [0.1, 0.15) is 0 Å². The van der Waals surface area contributed by atoms with Gasteiger partial charge in [0.05, 0.1) is 5.52 Å². The van der Waals surface area contributed by atoms with Crippen molar-refractivity contribution in [1.82, 2.24) is 20.0 Å². The maximum absolute atomic E-state index is 12.8. The van der Waals surface area contributed by atoms with E-state index in [9.17, 15) is 9.59 Å². The number of H-pyrrole nitrogens is 1. The monoisotopic (exact) mass is 354 g/mol. The van der Waals surface area contributed by atoms with E-state index in [4.69, 9.17) is 0 Å². The van der Waals surface area contributed by atoms with Crippen LogP contribution >= 0.6 is 0 Å². The number of para-hydroxylation sites is 1. The fourth-order valence-corrected chi connectivity index (χ4v) is 4.22. The van der Waals surface area contributed by atoms with Gasteiger partial charge in [-0.15, -0.1) is 0 Å². The summed E-state index contributed by atoms with van der Waals surface area (Å²) in [6.45, 7) is 2.40. The zero-order valence-corrected chi connectivity index (χ0v) is 15.1. The average Bonchev–Trinajstić information content (AvgIpc) is 3.35. The highest BCUT2D eigenvalue weighted by Crippen LogP contribution is 2.28. The van der Waals surface area contributed by atoms with Gasteiger partial charge in [-0.1, -0.05) is 43.9 Å². The van der Waals surface area contributed by atoms with Crippen LogP contribution in [0.25, 0.3) is 10.9 Å². The second kappa shape index (κ2) is 7.48. The minimum Gasteiger partial charge on any atom is -0.339 e. The summed E-state index contributed by atoms with van der Waals surface area (Å²) in [4.78, 5) is 29.0. The molecule has 6 nitrogen and oxygen atoms in total. The predicted octanol–water partition coefficient (Wildman–Crippen LogP) is 2.82. The summed E-state index contributed by atoms with van der Waals surface area (Å²) in [5, 5.41) is 7.97. The standard InChI is InChI=1S/C20H26N4O2/c25-18(10-9-15-5-1-2-6-15)23-11-13-24(14-12-23)20(26)19-16-7-3-4-8-17(16)21-22-19/h3-4,7-8,15H,1-2,5-6,9-14H2,(H,21,22). The maximum atomic E-state index is 12.8. The van der Waals surface area contributed by atoms with Crippen molar-refractivity contribution in [3.8, 4) is 0 Å². The molecule has 1 saturated carbocycles. The molecule has 0 atom stereocenters. The van der Waals surface area contributed by atoms with Gasteiger partial charge in [0.2, 0.25) is 5.91 Å². The van der Waals surface area contributed by atoms with E-state index in [-0.39, 0.29) is 11.8 Å². The van der Waals surface area contributed by atoms with Crippen LogP contribution in [-0.4, -0.2) is 58.0 Å². The zero-order valence-electron chi connectivity index (χ0n) is 15.1. The number of amides is 2. The number of piperazine rings is 1. The molecule has 138 valence electrons. The fraction of sp³-hybridized carbons (Fsp3) is 0.550. The number of rotatable bonds is 4. The van der Waals surface area contributed by atoms with Crippen LogP contribution in [0.5, 0.6) is 0 Å². The molecule has 2 aliphatic rings. The number of hydrogen-bond donors (Lipinski definition) is 1. The Morgan fingerprint density at radius 2 is 1.73 bits per heavy atom. The van der Waals surface area contributed by atoms with Crippen molar-refractivity contribution < 1.29 is 9.59 Å². The average molecular weight is 354 g/mol. The lowest BCUT2D eigenvalue weighted by Gasteiger charge is -2.34. The first-order valence-corrected chi connectivity index (χ1v) is 9.72. The molecule has 2 amide bonds. The molecule has 2 aromatic rings. The van der Waals surface area contributed by atoms with Crippen LogP contribution in [0.4, 0.5) is 0 Å². The smallest absolute Gasteiger partial charge is 0.275 e. The van der Waals surface area contributed by atoms with Gasteiger partial charge in [0.25, 0.3) is 5.91 Å². The molecule has 0 bridgehead atoms. The lowest BCUT2D eigenvalue weighted by atomic mass is 10.0. The number of fused-ring (bicyclic) bond motifs is 1. The highest BCUT2D eigenvalue weighted by Gasteiger charge is 2.27. The number of nitrogens with one attached hydrogen (secondary N) is 1. The lowest BCUT2D eigenvalue weighted by Crippen LogP contribution is -2.50. The van der Waals surface area contributed by atoms with Crippen molar-refractivity contribution in [2.24, 2.45) is 5.92 Å². The summed E-state index contributed by atoms with van der Waals surface area (Å²) in [7, 11) is 0. The number of nitrogens with zero attached hydrogens (tertiary/aromatic N) is 3. The molecule has 2 heterocycles. The van der Waals surface area contributed by atoms with Crippen molar-refractivity contribution in [3.63, 3.8) is 0 Å². The van der Waals surface area contributed by atoms with E-state index in [1.807, 2.05) is 34.1 Å². The SMILES string of the molecule is O=C(CCC1CCCC1)N1CCN(C(=O)c2n[nH]c3ccccc23)CC1. The molecule has 1 saturated heterocycles. The normalized spacial score (nSPS) is 18.6. The van der Waals surface area contributed by atoms with Gasteiger partial charge >= 0.3 is 0 Å². The molecule has 0 spiro atoms. The van der Waals surface area contributed by atoms with Crippen molar-refractivity contribution in [1.29, 1.82) is 0 Å². The number of carbonyl (C=O) groups is 2. The molecule has 1 aliphatic carbocycles. The summed E-state index contributed by atoms with van der Waals surface area (Å²) >= 11 is 0. The molecule has 1 aromatic carbocycles. The van der Waals surface area contributed by atoms with E-state index in [0.29, 0.717) is 38.3 Å². The van der Waals surface area contributed by atoms with E-state index in [0.717, 1.165) is 23.2 Å². The summed E-state index contributed by atoms with van der Waals surface area (Å²) in [6, 6.07) is 7.66. The van der Waals surface area contributed by atoms with Gasteiger partial charge in [-0.05, 0) is 18.4 Å². The zero-order chi connectivity index (χ0) is 17.9. The highest BCUT2D eigenvalue weighted by molar-refractivity contribution is 6.04. The Kier molecular flexibility index (Phi) is 4.91. The third kappa shape index (κ3) is 3.45. The second-order valence-corrected chi connectivity index (χ2v) is 7.48. The Morgan fingerprint density at radius 1 is 1.04 bits per heavy atom. The van der Waals surface area contributed by atoms with Crippen LogP contribution in [0.15, 0.2) is 24.3 Å². The fourth-order valence-electron chi connectivity index (χ4n) is 4.22. The van der Waals surface area contributed by atoms with Crippen LogP contribution < -0.4 is 0 Å². The summed E-state index contributed by atoms with van der Waals surface area (Å²) in [5.74, 6) is 0.935. The second-order valence-electron chi connectivity index (χ2n) is 7.48. The summed E-state index contributed by atoms with van der Waals surface area (Å²) in [6.07, 6.45) is 6.89. The third-order valence-corrected chi connectivity index (χ3v) is 5.83. The van der Waals surface area contributed by atoms with E-state index in [1.165, 1.54) is 25.7 Å². The molecule has 26 heavy (non-hydrogen) atoms. The minimum absolute atomic E-state index is 0.0551. The number of hydrogen-bond acceptors (Lipinski definition) is 3. The Morgan fingerprint density at radius 3 is 2.50 bits per heavy atom. The quantitative estimate of drug-likeness (QED) is 0.918. The van der Waals surface area contributed by atoms with E-state index >= 15 is 0 Å². The first-order chi connectivity index (χ1) is 12.7. The van der Waals surface area contributed by atoms with Crippen LogP contribution in [0.2, 0.25) is 0 Å². The molecule has 1 N–H and O–H groups in total. The van der Waals surface area contributed by atoms with E-state index < -0.39 is 0 Å². The van der Waals surface area contributed by atoms with E-state index in [2.05, 4.69) is 10.2 Å². The van der Waals surface area contributed by atoms with Gasteiger partial charge in [-0.3, -0.25) is 14.7 Å². The Bertz CT molecular complexity index is 786. The molecule has 2 fully saturated rings. The van der Waals surface area contributed by atoms with Gasteiger partial charge in [-0.2, -0.15) is 5.10 Å². The molecule has 0 radical (unpaired) electrons. The first-order valence-electron chi connectivity index (χ1n) is 9.72. The van der Waals surface area contributed by atoms with Gasteiger partial charge < -0.3 is 9.80 Å². The van der Waals surface area contributed by atoms with Crippen LogP contribution in [0.1, 0.15) is 49.0 Å². The Labute approximate surface area is 153 Å². The summed E-state index contributed by atoms with van der Waals surface area (Å²) < 4.78 is 0. The van der Waals surface area contributed by atoms with Crippen molar-refractivity contribution >= 4 is 22.7 Å². The predicted molar refractivity (Wildman–Crippen MR) is 99.8 cm³/mol. The molecule has 6 heteroatoms. The Balaban J connectivity index is 1.31. The number of aromatic nitrogens is 2. The number of benzene rings is 1. The third-order valence-electron chi connectivity index (χ3n) is 5.83. The molecule has 1 aromatic heterocycles. The maximum Gasteiger partial charge on any atom is 0.275 e. The van der Waals surface area contributed by atoms with Crippen LogP contribution in [-0.2, 0) is 4.79 Å². The van der Waals surface area contributed by atoms with Gasteiger partial charge in [-0.25, -0.2) is 0 Å². The van der Waals surface area contributed by atoms with Gasteiger partial charge in [0.15, 0.2) is 5.69 Å². The summed E-state index contributed by atoms with van der Waals surface area (Å²) in [5.41, 5.74) is 1.35.